The molecule has 0 spiro atoms. The van der Waals surface area contributed by atoms with Gasteiger partial charge in [0.25, 0.3) is 0 Å². The van der Waals surface area contributed by atoms with Gasteiger partial charge >= 0.3 is 0 Å². The Morgan fingerprint density at radius 3 is 2.52 bits per heavy atom. The van der Waals surface area contributed by atoms with Crippen molar-refractivity contribution in [1.29, 1.82) is 0 Å². The zero-order valence-electron chi connectivity index (χ0n) is 21.3. The van der Waals surface area contributed by atoms with E-state index in [0.717, 1.165) is 18.8 Å². The van der Waals surface area contributed by atoms with Crippen LogP contribution < -0.4 is 0 Å². The van der Waals surface area contributed by atoms with E-state index in [1.165, 1.54) is 44.1 Å². The van der Waals surface area contributed by atoms with Crippen LogP contribution in [0, 0.1) is 33.5 Å². The van der Waals surface area contributed by atoms with Gasteiger partial charge in [0.1, 0.15) is 6.10 Å². The predicted octanol–water partition coefficient (Wildman–Crippen LogP) is 4.58. The highest BCUT2D eigenvalue weighted by Gasteiger charge is 2.64. The van der Waals surface area contributed by atoms with Gasteiger partial charge in [-0.2, -0.15) is 0 Å². The van der Waals surface area contributed by atoms with Crippen molar-refractivity contribution in [1.82, 2.24) is 0 Å². The lowest BCUT2D eigenvalue weighted by Gasteiger charge is -2.65. The number of fused-ring (bicyclic) bond motifs is 5. The van der Waals surface area contributed by atoms with E-state index < -0.39 is 24.6 Å². The quantitative estimate of drug-likeness (QED) is 0.535. The lowest BCUT2D eigenvalue weighted by molar-refractivity contribution is -0.296. The number of hydrogen-bond acceptors (Lipinski definition) is 5. The molecule has 0 aromatic heterocycles. The van der Waals surface area contributed by atoms with Crippen LogP contribution in [-0.2, 0) is 9.47 Å². The fourth-order valence-corrected chi connectivity index (χ4v) is 9.18. The fraction of sp³-hybridized carbons (Fsp3) is 0.929. The molecule has 10 atom stereocenters. The highest BCUT2D eigenvalue weighted by Crippen LogP contribution is 2.72. The topological polar surface area (TPSA) is 79.2 Å². The Kier molecular flexibility index (Phi) is 5.90. The van der Waals surface area contributed by atoms with Crippen LogP contribution in [0.1, 0.15) is 92.4 Å². The Balaban J connectivity index is 1.40. The van der Waals surface area contributed by atoms with E-state index in [2.05, 4.69) is 40.7 Å². The Labute approximate surface area is 199 Å². The molecule has 3 saturated carbocycles. The third-order valence-corrected chi connectivity index (χ3v) is 11.6. The van der Waals surface area contributed by atoms with Crippen LogP contribution in [-0.4, -0.2) is 52.6 Å². The summed E-state index contributed by atoms with van der Waals surface area (Å²) in [5, 5.41) is 30.3. The van der Waals surface area contributed by atoms with E-state index in [9.17, 15) is 15.3 Å². The third-order valence-electron chi connectivity index (χ3n) is 11.6. The van der Waals surface area contributed by atoms with E-state index >= 15 is 0 Å². The van der Waals surface area contributed by atoms with E-state index in [1.54, 1.807) is 0 Å². The maximum Gasteiger partial charge on any atom is 0.186 e. The number of hydrogen-bond donors (Lipinski definition) is 3. The second-order valence-electron chi connectivity index (χ2n) is 13.4. The highest BCUT2D eigenvalue weighted by atomic mass is 16.7. The molecule has 0 radical (unpaired) electrons. The molecule has 4 aliphatic carbocycles. The minimum absolute atomic E-state index is 0.0830. The number of allylic oxidation sites excluding steroid dienone is 1. The second kappa shape index (κ2) is 8.03. The zero-order chi connectivity index (χ0) is 23.8. The van der Waals surface area contributed by atoms with Gasteiger partial charge < -0.3 is 24.8 Å². The van der Waals surface area contributed by atoms with Crippen LogP contribution in [0.2, 0.25) is 0 Å². The van der Waals surface area contributed by atoms with Crippen molar-refractivity contribution in [3.8, 4) is 0 Å². The van der Waals surface area contributed by atoms with Crippen molar-refractivity contribution in [2.45, 2.75) is 123 Å². The molecule has 1 heterocycles. The lowest BCUT2D eigenvalue weighted by atomic mass is 9.40. The SMILES string of the molecule is CC1(C)C2=CCC3C(C)(CCC4(C)CCCC34C)C2CCC1OC1OC(CO)CC(O)C1O. The maximum absolute atomic E-state index is 10.5. The van der Waals surface area contributed by atoms with Crippen molar-refractivity contribution in [2.75, 3.05) is 6.61 Å². The van der Waals surface area contributed by atoms with Gasteiger partial charge in [0.2, 0.25) is 0 Å². The van der Waals surface area contributed by atoms with Gasteiger partial charge in [-0.05, 0) is 73.0 Å². The van der Waals surface area contributed by atoms with Crippen LogP contribution in [0.15, 0.2) is 11.6 Å². The summed E-state index contributed by atoms with van der Waals surface area (Å²) in [7, 11) is 0. The van der Waals surface area contributed by atoms with Gasteiger partial charge in [-0.25, -0.2) is 0 Å². The summed E-state index contributed by atoms with van der Waals surface area (Å²) in [6.45, 7) is 12.2. The van der Waals surface area contributed by atoms with Gasteiger partial charge in [-0.1, -0.05) is 52.7 Å². The first-order chi connectivity index (χ1) is 15.5. The second-order valence-corrected chi connectivity index (χ2v) is 13.4. The van der Waals surface area contributed by atoms with E-state index in [-0.39, 0.29) is 24.5 Å². The summed E-state index contributed by atoms with van der Waals surface area (Å²) in [6.07, 6.45) is 9.32. The van der Waals surface area contributed by atoms with Gasteiger partial charge in [0.05, 0.1) is 24.9 Å². The van der Waals surface area contributed by atoms with Crippen molar-refractivity contribution >= 4 is 0 Å². The monoisotopic (exact) mass is 462 g/mol. The first kappa shape index (κ1) is 24.2. The molecule has 5 rings (SSSR count). The van der Waals surface area contributed by atoms with Gasteiger partial charge in [-0.3, -0.25) is 0 Å². The van der Waals surface area contributed by atoms with E-state index in [1.807, 2.05) is 0 Å². The molecular formula is C28H46O5. The summed E-state index contributed by atoms with van der Waals surface area (Å²) in [5.41, 5.74) is 2.65. The number of aliphatic hydroxyl groups is 3. The smallest absolute Gasteiger partial charge is 0.186 e. The number of ether oxygens (including phenoxy) is 2. The summed E-state index contributed by atoms with van der Waals surface area (Å²) in [6, 6.07) is 0. The molecule has 0 bridgehead atoms. The van der Waals surface area contributed by atoms with Crippen LogP contribution >= 0.6 is 0 Å². The molecule has 0 aromatic carbocycles. The van der Waals surface area contributed by atoms with Crippen molar-refractivity contribution in [3.05, 3.63) is 11.6 Å². The highest BCUT2D eigenvalue weighted by molar-refractivity contribution is 5.30. The molecular weight excluding hydrogens is 416 g/mol. The predicted molar refractivity (Wildman–Crippen MR) is 127 cm³/mol. The minimum atomic E-state index is -1.08. The average molecular weight is 463 g/mol. The Bertz CT molecular complexity index is 793. The van der Waals surface area contributed by atoms with Gasteiger partial charge in [-0.15, -0.1) is 0 Å². The van der Waals surface area contributed by atoms with Crippen molar-refractivity contribution in [2.24, 2.45) is 33.5 Å². The fourth-order valence-electron chi connectivity index (χ4n) is 9.18. The molecule has 33 heavy (non-hydrogen) atoms. The first-order valence-electron chi connectivity index (χ1n) is 13.4. The van der Waals surface area contributed by atoms with Gasteiger partial charge in [0, 0.05) is 11.8 Å². The van der Waals surface area contributed by atoms with Crippen molar-refractivity contribution in [3.63, 3.8) is 0 Å². The largest absolute Gasteiger partial charge is 0.394 e. The minimum Gasteiger partial charge on any atom is -0.394 e. The van der Waals surface area contributed by atoms with Crippen LogP contribution in [0.4, 0.5) is 0 Å². The molecule has 5 aliphatic rings. The summed E-state index contributed by atoms with van der Waals surface area (Å²) in [5.74, 6) is 1.33. The zero-order valence-corrected chi connectivity index (χ0v) is 21.3. The molecule has 4 fully saturated rings. The molecule has 5 nitrogen and oxygen atoms in total. The molecule has 3 N–H and O–H groups in total. The Hall–Kier alpha value is -0.460. The molecule has 0 aromatic rings. The molecule has 188 valence electrons. The Morgan fingerprint density at radius 2 is 1.79 bits per heavy atom. The van der Waals surface area contributed by atoms with Crippen LogP contribution in [0.3, 0.4) is 0 Å². The number of aliphatic hydroxyl groups excluding tert-OH is 3. The first-order valence-corrected chi connectivity index (χ1v) is 13.4. The summed E-state index contributed by atoms with van der Waals surface area (Å²) < 4.78 is 12.2. The Morgan fingerprint density at radius 1 is 1.03 bits per heavy atom. The lowest BCUT2D eigenvalue weighted by Crippen LogP contribution is -2.59. The molecule has 5 heteroatoms. The van der Waals surface area contributed by atoms with E-state index in [4.69, 9.17) is 9.47 Å². The average Bonchev–Trinajstić information content (AvgIpc) is 3.08. The van der Waals surface area contributed by atoms with Gasteiger partial charge in [0.15, 0.2) is 6.29 Å². The van der Waals surface area contributed by atoms with Crippen molar-refractivity contribution < 1.29 is 24.8 Å². The summed E-state index contributed by atoms with van der Waals surface area (Å²) in [4.78, 5) is 0. The van der Waals surface area contributed by atoms with Crippen LogP contribution in [0.5, 0.6) is 0 Å². The maximum atomic E-state index is 10.5. The standard InChI is InChI=1S/C28H46O5/c1-25(2)18-7-9-21-27(4,14-13-26(3)11-6-12-28(21,26)5)19(18)8-10-22(25)33-24-23(31)20(30)15-17(16-29)32-24/h7,17,19-24,29-31H,6,8-16H2,1-5H3. The number of rotatable bonds is 3. The molecule has 1 aliphatic heterocycles. The third kappa shape index (κ3) is 3.43. The summed E-state index contributed by atoms with van der Waals surface area (Å²) >= 11 is 0. The molecule has 10 unspecified atom stereocenters. The van der Waals surface area contributed by atoms with E-state index in [0.29, 0.717) is 22.2 Å². The molecule has 0 amide bonds. The normalized spacial score (nSPS) is 53.6. The molecule has 1 saturated heterocycles. The van der Waals surface area contributed by atoms with Crippen LogP contribution in [0.25, 0.3) is 0 Å².